The van der Waals surface area contributed by atoms with E-state index in [-0.39, 0.29) is 6.85 Å². The largest absolute Gasteiger partial charge is 0.466 e. The molecule has 0 atom stereocenters. The molecule has 42 heavy (non-hydrogen) atoms. The molecular formula is C38H31BN2O. The summed E-state index contributed by atoms with van der Waals surface area (Å²) in [6, 6.07) is 38.0. The molecule has 4 heteroatoms. The lowest BCUT2D eigenvalue weighted by molar-refractivity contribution is 0.648. The summed E-state index contributed by atoms with van der Waals surface area (Å²) in [6.07, 6.45) is 4.89. The van der Waals surface area contributed by atoms with Crippen molar-refractivity contribution in [1.82, 2.24) is 4.57 Å². The summed E-state index contributed by atoms with van der Waals surface area (Å²) in [5, 5.41) is 3.80. The maximum atomic E-state index is 6.91. The van der Waals surface area contributed by atoms with E-state index in [1.54, 1.807) is 0 Å². The third-order valence-electron chi connectivity index (χ3n) is 9.51. The van der Waals surface area contributed by atoms with Gasteiger partial charge in [0.15, 0.2) is 0 Å². The molecule has 0 amide bonds. The predicted molar refractivity (Wildman–Crippen MR) is 178 cm³/mol. The molecule has 0 bridgehead atoms. The molecule has 0 saturated carbocycles. The molecule has 0 radical (unpaired) electrons. The highest BCUT2D eigenvalue weighted by Gasteiger charge is 2.47. The van der Waals surface area contributed by atoms with Crippen molar-refractivity contribution < 1.29 is 4.42 Å². The van der Waals surface area contributed by atoms with Crippen molar-refractivity contribution in [2.24, 2.45) is 0 Å². The van der Waals surface area contributed by atoms with Crippen molar-refractivity contribution >= 4 is 62.1 Å². The standard InChI is InChI=1S/C38H31BN2O/c1-3-4-5-12-25-19-21-26(22-20-25)41-32-17-10-6-13-27(32)30-23-24(2)34-28-14-7-9-16-31(28)40-36-29-15-8-11-18-33(29)42-38(36)39(41)35(30)37(34)40/h6-11,13-23H,3-5,12H2,1-2H3. The highest BCUT2D eigenvalue weighted by Crippen LogP contribution is 2.46. The Bertz CT molecular complexity index is 2190. The first kappa shape index (κ1) is 24.0. The Hall–Kier alpha value is -4.70. The molecule has 0 unspecified atom stereocenters. The van der Waals surface area contributed by atoms with Gasteiger partial charge in [0.2, 0.25) is 0 Å². The first-order chi connectivity index (χ1) is 20.7. The van der Waals surface area contributed by atoms with Crippen molar-refractivity contribution in [3.8, 4) is 16.8 Å². The van der Waals surface area contributed by atoms with Crippen LogP contribution in [-0.4, -0.2) is 11.4 Å². The number of hydrogen-bond donors (Lipinski definition) is 0. The third kappa shape index (κ3) is 3.13. The van der Waals surface area contributed by atoms with E-state index in [1.807, 2.05) is 0 Å². The van der Waals surface area contributed by atoms with E-state index < -0.39 is 0 Å². The Labute approximate surface area is 246 Å². The molecule has 9 rings (SSSR count). The average Bonchev–Trinajstić information content (AvgIpc) is 3.58. The van der Waals surface area contributed by atoms with Crippen LogP contribution >= 0.6 is 0 Å². The van der Waals surface area contributed by atoms with E-state index in [1.165, 1.54) is 85.8 Å². The topological polar surface area (TPSA) is 21.3 Å². The van der Waals surface area contributed by atoms with Gasteiger partial charge in [0.1, 0.15) is 11.2 Å². The first-order valence-electron chi connectivity index (χ1n) is 15.3. The number of aryl methyl sites for hydroxylation is 2. The number of furan rings is 1. The molecule has 3 nitrogen and oxygen atoms in total. The average molecular weight is 542 g/mol. The highest BCUT2D eigenvalue weighted by atomic mass is 16.3. The second-order valence-corrected chi connectivity index (χ2v) is 12.0. The minimum Gasteiger partial charge on any atom is -0.466 e. The number of unbranched alkanes of at least 4 members (excludes halogenated alkanes) is 2. The lowest BCUT2D eigenvalue weighted by atomic mass is 9.46. The van der Waals surface area contributed by atoms with Gasteiger partial charge in [0, 0.05) is 33.1 Å². The molecular weight excluding hydrogens is 511 g/mol. The molecule has 0 N–H and O–H groups in total. The minimum absolute atomic E-state index is 0.0804. The number of fused-ring (bicyclic) bond motifs is 10. The summed E-state index contributed by atoms with van der Waals surface area (Å²) in [7, 11) is 0. The Morgan fingerprint density at radius 2 is 1.52 bits per heavy atom. The Balaban J connectivity index is 1.40. The predicted octanol–water partition coefficient (Wildman–Crippen LogP) is 8.81. The molecule has 0 saturated heterocycles. The Morgan fingerprint density at radius 1 is 0.762 bits per heavy atom. The van der Waals surface area contributed by atoms with Gasteiger partial charge in [-0.1, -0.05) is 86.5 Å². The van der Waals surface area contributed by atoms with Crippen LogP contribution in [0, 0.1) is 6.92 Å². The van der Waals surface area contributed by atoms with E-state index in [2.05, 4.69) is 126 Å². The molecule has 2 aliphatic heterocycles. The summed E-state index contributed by atoms with van der Waals surface area (Å²) in [5.74, 6) is 0. The molecule has 2 aromatic heterocycles. The van der Waals surface area contributed by atoms with Gasteiger partial charge in [-0.15, -0.1) is 0 Å². The number of anilines is 2. The number of benzene rings is 5. The zero-order valence-electron chi connectivity index (χ0n) is 24.0. The lowest BCUT2D eigenvalue weighted by Crippen LogP contribution is -2.60. The molecule has 0 aliphatic carbocycles. The van der Waals surface area contributed by atoms with Gasteiger partial charge in [-0.3, -0.25) is 0 Å². The maximum Gasteiger partial charge on any atom is 0.375 e. The Morgan fingerprint density at radius 3 is 2.38 bits per heavy atom. The van der Waals surface area contributed by atoms with Crippen LogP contribution in [0.2, 0.25) is 0 Å². The smallest absolute Gasteiger partial charge is 0.375 e. The van der Waals surface area contributed by atoms with Crippen LogP contribution in [0.3, 0.4) is 0 Å². The number of nitrogens with zero attached hydrogens (tertiary/aromatic N) is 2. The third-order valence-corrected chi connectivity index (χ3v) is 9.51. The fourth-order valence-corrected chi connectivity index (χ4v) is 7.71. The number of para-hydroxylation sites is 3. The van der Waals surface area contributed by atoms with Crippen LogP contribution in [0.25, 0.3) is 49.6 Å². The second kappa shape index (κ2) is 8.90. The van der Waals surface area contributed by atoms with Crippen LogP contribution in [0.5, 0.6) is 0 Å². The normalized spacial score (nSPS) is 13.3. The van der Waals surface area contributed by atoms with E-state index in [0.717, 1.165) is 23.0 Å². The fraction of sp³-hybridized carbons (Fsp3) is 0.158. The van der Waals surface area contributed by atoms with Gasteiger partial charge in [0.25, 0.3) is 0 Å². The summed E-state index contributed by atoms with van der Waals surface area (Å²) in [4.78, 5) is 2.53. The number of hydrogen-bond acceptors (Lipinski definition) is 2. The van der Waals surface area contributed by atoms with E-state index in [4.69, 9.17) is 4.42 Å². The minimum atomic E-state index is -0.0804. The highest BCUT2D eigenvalue weighted by molar-refractivity contribution is 6.93. The number of rotatable bonds is 5. The van der Waals surface area contributed by atoms with Gasteiger partial charge in [-0.05, 0) is 78.3 Å². The number of aromatic nitrogens is 1. The molecule has 2 aliphatic rings. The quantitative estimate of drug-likeness (QED) is 0.160. The molecule has 0 spiro atoms. The molecule has 202 valence electrons. The van der Waals surface area contributed by atoms with Crippen molar-refractivity contribution in [1.29, 1.82) is 0 Å². The summed E-state index contributed by atoms with van der Waals surface area (Å²) >= 11 is 0. The molecule has 0 fully saturated rings. The van der Waals surface area contributed by atoms with Crippen LogP contribution < -0.4 is 15.9 Å². The van der Waals surface area contributed by atoms with Crippen molar-refractivity contribution in [2.75, 3.05) is 4.81 Å². The van der Waals surface area contributed by atoms with Crippen molar-refractivity contribution in [2.45, 2.75) is 39.5 Å². The summed E-state index contributed by atoms with van der Waals surface area (Å²) < 4.78 is 9.41. The SMILES string of the molecule is CCCCCc1ccc(N2B3c4oc5ccccc5c4-n4c5ccccc5c5c(C)cc(c3c54)-c3ccccc32)cc1. The second-order valence-electron chi connectivity index (χ2n) is 12.0. The first-order valence-corrected chi connectivity index (χ1v) is 15.3. The zero-order valence-corrected chi connectivity index (χ0v) is 24.0. The molecule has 7 aromatic rings. The van der Waals surface area contributed by atoms with Gasteiger partial charge >= 0.3 is 6.85 Å². The molecule has 4 heterocycles. The maximum absolute atomic E-state index is 6.91. The fourth-order valence-electron chi connectivity index (χ4n) is 7.71. The zero-order chi connectivity index (χ0) is 27.9. The monoisotopic (exact) mass is 542 g/mol. The van der Waals surface area contributed by atoms with E-state index in [0.29, 0.717) is 0 Å². The van der Waals surface area contributed by atoms with Crippen LogP contribution in [0.4, 0.5) is 11.4 Å². The van der Waals surface area contributed by atoms with Crippen molar-refractivity contribution in [3.63, 3.8) is 0 Å². The van der Waals surface area contributed by atoms with Gasteiger partial charge in [0.05, 0.1) is 16.7 Å². The van der Waals surface area contributed by atoms with Gasteiger partial charge in [-0.25, -0.2) is 0 Å². The van der Waals surface area contributed by atoms with E-state index >= 15 is 0 Å². The van der Waals surface area contributed by atoms with E-state index in [9.17, 15) is 0 Å². The summed E-state index contributed by atoms with van der Waals surface area (Å²) in [6.45, 7) is 4.46. The Kier molecular flexibility index (Phi) is 5.08. The van der Waals surface area contributed by atoms with Crippen molar-refractivity contribution in [3.05, 3.63) is 114 Å². The lowest BCUT2D eigenvalue weighted by Gasteiger charge is -2.40. The summed E-state index contributed by atoms with van der Waals surface area (Å²) in [5.41, 5.74) is 14.7. The van der Waals surface area contributed by atoms with Crippen LogP contribution in [-0.2, 0) is 6.42 Å². The van der Waals surface area contributed by atoms with Crippen LogP contribution in [0.15, 0.2) is 108 Å². The van der Waals surface area contributed by atoms with Gasteiger partial charge < -0.3 is 13.8 Å². The molecule has 5 aromatic carbocycles. The van der Waals surface area contributed by atoms with Gasteiger partial charge in [-0.2, -0.15) is 0 Å². The van der Waals surface area contributed by atoms with Crippen LogP contribution in [0.1, 0.15) is 37.3 Å².